The van der Waals surface area contributed by atoms with E-state index in [0.29, 0.717) is 29.2 Å². The summed E-state index contributed by atoms with van der Waals surface area (Å²) in [5, 5.41) is 6.13. The van der Waals surface area contributed by atoms with E-state index >= 15 is 0 Å². The van der Waals surface area contributed by atoms with Gasteiger partial charge in [-0.15, -0.1) is 0 Å². The van der Waals surface area contributed by atoms with Gasteiger partial charge in [-0.3, -0.25) is 19.3 Å². The number of nitrogens with one attached hydrogen (secondary N) is 2. The van der Waals surface area contributed by atoms with Gasteiger partial charge in [-0.2, -0.15) is 0 Å². The molecule has 3 amide bonds. The molecule has 2 aliphatic rings. The van der Waals surface area contributed by atoms with E-state index in [1.807, 2.05) is 6.92 Å². The predicted octanol–water partition coefficient (Wildman–Crippen LogP) is 2.11. The van der Waals surface area contributed by atoms with Crippen molar-refractivity contribution in [2.75, 3.05) is 5.32 Å². The van der Waals surface area contributed by atoms with Crippen LogP contribution < -0.4 is 10.6 Å². The van der Waals surface area contributed by atoms with Crippen molar-refractivity contribution in [2.24, 2.45) is 0 Å². The van der Waals surface area contributed by atoms with Crippen LogP contribution in [0.4, 0.5) is 5.69 Å². The number of rotatable bonds is 3. The first-order chi connectivity index (χ1) is 11.4. The smallest absolute Gasteiger partial charge is 0.278 e. The standard InChI is InChI=1S/C17H16ClN3O3/c1-9-7-11(4-5-12(9)18)20-13-8-15(22)21(17(13)24)14-6-3-10(2)19-16(14)23/h4-5,7-8,14,20H,2-3,6H2,1H3,(H,19,23). The molecule has 124 valence electrons. The third-order valence-corrected chi connectivity index (χ3v) is 4.45. The lowest BCUT2D eigenvalue weighted by molar-refractivity contribution is -0.146. The highest BCUT2D eigenvalue weighted by Gasteiger charge is 2.41. The van der Waals surface area contributed by atoms with E-state index in [0.717, 1.165) is 10.5 Å². The Labute approximate surface area is 144 Å². The first-order valence-electron chi connectivity index (χ1n) is 7.48. The number of anilines is 1. The van der Waals surface area contributed by atoms with Gasteiger partial charge >= 0.3 is 0 Å². The Kier molecular flexibility index (Phi) is 4.15. The van der Waals surface area contributed by atoms with Gasteiger partial charge in [0, 0.05) is 22.5 Å². The minimum atomic E-state index is -0.807. The normalized spacial score (nSPS) is 21.0. The molecule has 2 aliphatic heterocycles. The zero-order chi connectivity index (χ0) is 17.4. The first kappa shape index (κ1) is 16.3. The van der Waals surface area contributed by atoms with Crippen molar-refractivity contribution in [3.05, 3.63) is 52.8 Å². The zero-order valence-corrected chi connectivity index (χ0v) is 13.8. The summed E-state index contributed by atoms with van der Waals surface area (Å²) < 4.78 is 0. The fraction of sp³-hybridized carbons (Fsp3) is 0.235. The van der Waals surface area contributed by atoms with Crippen LogP contribution in [0.2, 0.25) is 5.02 Å². The minimum absolute atomic E-state index is 0.138. The molecule has 0 spiro atoms. The Bertz CT molecular complexity index is 800. The number of halogens is 1. The lowest BCUT2D eigenvalue weighted by atomic mass is 10.0. The van der Waals surface area contributed by atoms with Crippen LogP contribution in [0.1, 0.15) is 18.4 Å². The molecule has 1 unspecified atom stereocenters. The van der Waals surface area contributed by atoms with Crippen LogP contribution >= 0.6 is 11.6 Å². The molecule has 0 bridgehead atoms. The van der Waals surface area contributed by atoms with Gasteiger partial charge in [-0.25, -0.2) is 0 Å². The molecule has 1 fully saturated rings. The van der Waals surface area contributed by atoms with Gasteiger partial charge in [0.2, 0.25) is 5.91 Å². The third kappa shape index (κ3) is 2.92. The fourth-order valence-electron chi connectivity index (χ4n) is 2.76. The second kappa shape index (κ2) is 6.13. The van der Waals surface area contributed by atoms with Crippen LogP contribution in [0.25, 0.3) is 0 Å². The molecule has 2 heterocycles. The minimum Gasteiger partial charge on any atom is -0.351 e. The maximum absolute atomic E-state index is 12.5. The van der Waals surface area contributed by atoms with Crippen LogP contribution in [-0.2, 0) is 14.4 Å². The Hall–Kier alpha value is -2.60. The summed E-state index contributed by atoms with van der Waals surface area (Å²) in [6.07, 6.45) is 2.12. The second-order valence-electron chi connectivity index (χ2n) is 5.81. The number of carbonyl (C=O) groups is 3. The molecule has 0 aliphatic carbocycles. The van der Waals surface area contributed by atoms with Crippen LogP contribution in [0.5, 0.6) is 0 Å². The SMILES string of the molecule is C=C1CCC(N2C(=O)C=C(Nc3ccc(Cl)c(C)c3)C2=O)C(=O)N1. The molecule has 3 rings (SSSR count). The molecule has 1 saturated heterocycles. The van der Waals surface area contributed by atoms with Crippen LogP contribution in [0.15, 0.2) is 42.2 Å². The number of benzene rings is 1. The quantitative estimate of drug-likeness (QED) is 0.822. The van der Waals surface area contributed by atoms with E-state index in [4.69, 9.17) is 11.6 Å². The number of aryl methyl sites for hydroxylation is 1. The Morgan fingerprint density at radius 3 is 2.75 bits per heavy atom. The molecule has 0 saturated carbocycles. The number of amides is 3. The molecule has 6 nitrogen and oxygen atoms in total. The summed E-state index contributed by atoms with van der Waals surface area (Å²) in [4.78, 5) is 37.8. The number of allylic oxidation sites excluding steroid dienone is 1. The molecule has 7 heteroatoms. The highest BCUT2D eigenvalue weighted by molar-refractivity contribution is 6.31. The van der Waals surface area contributed by atoms with Gasteiger partial charge < -0.3 is 10.6 Å². The lowest BCUT2D eigenvalue weighted by Gasteiger charge is -2.29. The monoisotopic (exact) mass is 345 g/mol. The maximum atomic E-state index is 12.5. The third-order valence-electron chi connectivity index (χ3n) is 4.03. The molecular formula is C17H16ClN3O3. The summed E-state index contributed by atoms with van der Waals surface area (Å²) in [7, 11) is 0. The van der Waals surface area contributed by atoms with Crippen molar-refractivity contribution >= 4 is 35.0 Å². The number of hydrogen-bond acceptors (Lipinski definition) is 4. The Balaban J connectivity index is 1.78. The average molecular weight is 346 g/mol. The molecular weight excluding hydrogens is 330 g/mol. The summed E-state index contributed by atoms with van der Waals surface area (Å²) in [6.45, 7) is 5.54. The van der Waals surface area contributed by atoms with Crippen LogP contribution in [0.3, 0.4) is 0 Å². The van der Waals surface area contributed by atoms with E-state index < -0.39 is 17.9 Å². The lowest BCUT2D eigenvalue weighted by Crippen LogP contribution is -2.52. The molecule has 1 atom stereocenters. The van der Waals surface area contributed by atoms with Crippen LogP contribution in [-0.4, -0.2) is 28.7 Å². The molecule has 1 aromatic rings. The van der Waals surface area contributed by atoms with Crippen LogP contribution in [0, 0.1) is 6.92 Å². The highest BCUT2D eigenvalue weighted by atomic mass is 35.5. The van der Waals surface area contributed by atoms with Crippen molar-refractivity contribution < 1.29 is 14.4 Å². The molecule has 24 heavy (non-hydrogen) atoms. The van der Waals surface area contributed by atoms with E-state index in [2.05, 4.69) is 17.2 Å². The van der Waals surface area contributed by atoms with E-state index in [1.165, 1.54) is 6.08 Å². The van der Waals surface area contributed by atoms with Gasteiger partial charge in [0.1, 0.15) is 11.7 Å². The van der Waals surface area contributed by atoms with Crippen molar-refractivity contribution in [1.29, 1.82) is 0 Å². The summed E-state index contributed by atoms with van der Waals surface area (Å²) in [6, 6.07) is 4.39. The van der Waals surface area contributed by atoms with Gasteiger partial charge in [0.15, 0.2) is 0 Å². The second-order valence-corrected chi connectivity index (χ2v) is 6.21. The van der Waals surface area contributed by atoms with Crippen molar-refractivity contribution in [3.8, 4) is 0 Å². The molecule has 1 aromatic carbocycles. The van der Waals surface area contributed by atoms with Crippen molar-refractivity contribution in [2.45, 2.75) is 25.8 Å². The number of hydrogen-bond donors (Lipinski definition) is 2. The molecule has 2 N–H and O–H groups in total. The van der Waals surface area contributed by atoms with Gasteiger partial charge in [-0.05, 0) is 43.5 Å². The number of nitrogens with zero attached hydrogens (tertiary/aromatic N) is 1. The fourth-order valence-corrected chi connectivity index (χ4v) is 2.87. The Morgan fingerprint density at radius 2 is 2.08 bits per heavy atom. The topological polar surface area (TPSA) is 78.5 Å². The van der Waals surface area contributed by atoms with E-state index in [1.54, 1.807) is 18.2 Å². The largest absolute Gasteiger partial charge is 0.351 e. The first-order valence-corrected chi connectivity index (χ1v) is 7.85. The van der Waals surface area contributed by atoms with E-state index in [-0.39, 0.29) is 11.6 Å². The van der Waals surface area contributed by atoms with Gasteiger partial charge in [0.25, 0.3) is 11.8 Å². The van der Waals surface area contributed by atoms with E-state index in [9.17, 15) is 14.4 Å². The number of imide groups is 1. The summed E-state index contributed by atoms with van der Waals surface area (Å²) in [5.74, 6) is -1.40. The van der Waals surface area contributed by atoms with Gasteiger partial charge in [0.05, 0.1) is 0 Å². The maximum Gasteiger partial charge on any atom is 0.278 e. The summed E-state index contributed by atoms with van der Waals surface area (Å²) >= 11 is 5.98. The highest BCUT2D eigenvalue weighted by Crippen LogP contribution is 2.25. The molecule has 0 radical (unpaired) electrons. The van der Waals surface area contributed by atoms with Gasteiger partial charge in [-0.1, -0.05) is 18.2 Å². The zero-order valence-electron chi connectivity index (χ0n) is 13.1. The van der Waals surface area contributed by atoms with Crippen molar-refractivity contribution in [1.82, 2.24) is 10.2 Å². The van der Waals surface area contributed by atoms with Crippen molar-refractivity contribution in [3.63, 3.8) is 0 Å². The average Bonchev–Trinajstić information content (AvgIpc) is 2.78. The Morgan fingerprint density at radius 1 is 1.33 bits per heavy atom. The summed E-state index contributed by atoms with van der Waals surface area (Å²) in [5.41, 5.74) is 2.23. The molecule has 0 aromatic heterocycles. The number of piperidine rings is 1. The predicted molar refractivity (Wildman–Crippen MR) is 90.1 cm³/mol. The number of carbonyl (C=O) groups excluding carboxylic acids is 3.